The van der Waals surface area contributed by atoms with Gasteiger partial charge in [0.2, 0.25) is 0 Å². The number of amides is 1. The summed E-state index contributed by atoms with van der Waals surface area (Å²) < 4.78 is 5.14. The van der Waals surface area contributed by atoms with Gasteiger partial charge < -0.3 is 10.1 Å². The maximum atomic E-state index is 11.7. The molecule has 104 valence electrons. The molecule has 2 atom stereocenters. The van der Waals surface area contributed by atoms with Crippen molar-refractivity contribution in [3.05, 3.63) is 0 Å². The highest BCUT2D eigenvalue weighted by molar-refractivity contribution is 5.83. The van der Waals surface area contributed by atoms with Crippen molar-refractivity contribution in [2.24, 2.45) is 11.8 Å². The van der Waals surface area contributed by atoms with Crippen LogP contribution in [0.5, 0.6) is 0 Å². The molecule has 18 heavy (non-hydrogen) atoms. The van der Waals surface area contributed by atoms with Crippen molar-refractivity contribution < 1.29 is 14.3 Å². The molecule has 1 N–H and O–H groups in total. The SMILES string of the molecule is CCCCC(=O)[C@@H]1C[C@@H]1CNC(=O)OC(C)(C)C. The van der Waals surface area contributed by atoms with Crippen molar-refractivity contribution in [2.75, 3.05) is 6.54 Å². The van der Waals surface area contributed by atoms with Gasteiger partial charge >= 0.3 is 6.09 Å². The molecule has 0 saturated heterocycles. The van der Waals surface area contributed by atoms with Crippen LogP contribution in [0.25, 0.3) is 0 Å². The summed E-state index contributed by atoms with van der Waals surface area (Å²) in [5.41, 5.74) is -0.468. The monoisotopic (exact) mass is 255 g/mol. The summed E-state index contributed by atoms with van der Waals surface area (Å²) in [7, 11) is 0. The summed E-state index contributed by atoms with van der Waals surface area (Å²) in [5.74, 6) is 0.848. The average Bonchev–Trinajstić information content (AvgIpc) is 3.00. The maximum Gasteiger partial charge on any atom is 0.407 e. The summed E-state index contributed by atoms with van der Waals surface area (Å²) in [6.07, 6.45) is 3.23. The molecule has 0 spiro atoms. The first-order valence-electron chi connectivity index (χ1n) is 6.83. The van der Waals surface area contributed by atoms with E-state index in [4.69, 9.17) is 4.74 Å². The predicted octanol–water partition coefficient (Wildman–Crippen LogP) is 2.91. The molecule has 4 heteroatoms. The van der Waals surface area contributed by atoms with Crippen molar-refractivity contribution in [1.82, 2.24) is 5.32 Å². The van der Waals surface area contributed by atoms with Gasteiger partial charge in [-0.3, -0.25) is 4.79 Å². The second-order valence-corrected chi connectivity index (χ2v) is 6.05. The number of rotatable bonds is 6. The van der Waals surface area contributed by atoms with E-state index < -0.39 is 11.7 Å². The number of alkyl carbamates (subject to hydrolysis) is 1. The predicted molar refractivity (Wildman–Crippen MR) is 70.4 cm³/mol. The van der Waals surface area contributed by atoms with Crippen molar-refractivity contribution in [1.29, 1.82) is 0 Å². The lowest BCUT2D eigenvalue weighted by Gasteiger charge is -2.19. The highest BCUT2D eigenvalue weighted by Crippen LogP contribution is 2.39. The van der Waals surface area contributed by atoms with Crippen LogP contribution >= 0.6 is 0 Å². The second kappa shape index (κ2) is 6.21. The van der Waals surface area contributed by atoms with Crippen molar-refractivity contribution in [3.63, 3.8) is 0 Å². The normalized spacial score (nSPS) is 22.4. The molecular formula is C14H25NO3. The summed E-state index contributed by atoms with van der Waals surface area (Å²) in [5, 5.41) is 2.73. The highest BCUT2D eigenvalue weighted by atomic mass is 16.6. The molecular weight excluding hydrogens is 230 g/mol. The lowest BCUT2D eigenvalue weighted by Crippen LogP contribution is -2.33. The molecule has 0 radical (unpaired) electrons. The number of hydrogen-bond acceptors (Lipinski definition) is 3. The van der Waals surface area contributed by atoms with Crippen LogP contribution in [0.15, 0.2) is 0 Å². The molecule has 0 aromatic carbocycles. The van der Waals surface area contributed by atoms with E-state index in [1.165, 1.54) is 0 Å². The first-order chi connectivity index (χ1) is 8.33. The Kier molecular flexibility index (Phi) is 5.17. The minimum atomic E-state index is -0.468. The Labute approximate surface area is 109 Å². The Morgan fingerprint density at radius 1 is 1.33 bits per heavy atom. The standard InChI is InChI=1S/C14H25NO3/c1-5-6-7-12(16)11-8-10(11)9-15-13(17)18-14(2,3)4/h10-11H,5-9H2,1-4H3,(H,15,17)/t10-,11-/m1/s1. The molecule has 0 aromatic heterocycles. The van der Waals surface area contributed by atoms with Crippen LogP contribution in [0, 0.1) is 11.8 Å². The Hall–Kier alpha value is -1.06. The minimum absolute atomic E-state index is 0.173. The zero-order valence-electron chi connectivity index (χ0n) is 11.9. The van der Waals surface area contributed by atoms with Gasteiger partial charge in [0, 0.05) is 18.9 Å². The zero-order valence-corrected chi connectivity index (χ0v) is 11.9. The first kappa shape index (κ1) is 15.0. The smallest absolute Gasteiger partial charge is 0.407 e. The van der Waals surface area contributed by atoms with Crippen LogP contribution < -0.4 is 5.32 Å². The molecule has 4 nitrogen and oxygen atoms in total. The lowest BCUT2D eigenvalue weighted by atomic mass is 10.1. The summed E-state index contributed by atoms with van der Waals surface area (Å²) in [6, 6.07) is 0. The number of ketones is 1. The molecule has 0 bridgehead atoms. The van der Waals surface area contributed by atoms with Gasteiger partial charge in [-0.15, -0.1) is 0 Å². The number of unbranched alkanes of at least 4 members (excludes halogenated alkanes) is 1. The summed E-state index contributed by atoms with van der Waals surface area (Å²) >= 11 is 0. The average molecular weight is 255 g/mol. The van der Waals surface area contributed by atoms with Gasteiger partial charge in [-0.05, 0) is 39.5 Å². The molecule has 1 aliphatic rings. The lowest BCUT2D eigenvalue weighted by molar-refractivity contribution is -0.120. The van der Waals surface area contributed by atoms with Gasteiger partial charge in [0.05, 0.1) is 0 Å². The van der Waals surface area contributed by atoms with Crippen molar-refractivity contribution in [3.8, 4) is 0 Å². The maximum absolute atomic E-state index is 11.7. The van der Waals surface area contributed by atoms with E-state index >= 15 is 0 Å². The second-order valence-electron chi connectivity index (χ2n) is 6.05. The molecule has 1 rings (SSSR count). The van der Waals surface area contributed by atoms with Gasteiger partial charge in [0.15, 0.2) is 0 Å². The largest absolute Gasteiger partial charge is 0.444 e. The third kappa shape index (κ3) is 5.52. The van der Waals surface area contributed by atoms with Crippen LogP contribution in [0.3, 0.4) is 0 Å². The van der Waals surface area contributed by atoms with Gasteiger partial charge in [-0.2, -0.15) is 0 Å². The molecule has 0 aromatic rings. The topological polar surface area (TPSA) is 55.4 Å². The van der Waals surface area contributed by atoms with Gasteiger partial charge in [-0.1, -0.05) is 13.3 Å². The van der Waals surface area contributed by atoms with Gasteiger partial charge in [0.1, 0.15) is 11.4 Å². The Morgan fingerprint density at radius 3 is 2.56 bits per heavy atom. The Morgan fingerprint density at radius 2 is 2.00 bits per heavy atom. The molecule has 1 amide bonds. The molecule has 1 saturated carbocycles. The molecule has 0 aliphatic heterocycles. The number of carbonyl (C=O) groups is 2. The van der Waals surface area contributed by atoms with Crippen molar-refractivity contribution >= 4 is 11.9 Å². The van der Waals surface area contributed by atoms with E-state index in [0.717, 1.165) is 19.3 Å². The molecule has 1 fully saturated rings. The fourth-order valence-electron chi connectivity index (χ4n) is 1.93. The Balaban J connectivity index is 2.16. The summed E-state index contributed by atoms with van der Waals surface area (Å²) in [6.45, 7) is 8.14. The fraction of sp³-hybridized carbons (Fsp3) is 0.857. The van der Waals surface area contributed by atoms with E-state index in [-0.39, 0.29) is 5.92 Å². The highest BCUT2D eigenvalue weighted by Gasteiger charge is 2.42. The quantitative estimate of drug-likeness (QED) is 0.794. The first-order valence-corrected chi connectivity index (χ1v) is 6.83. The third-order valence-corrected chi connectivity index (χ3v) is 3.02. The van der Waals surface area contributed by atoms with Crippen molar-refractivity contribution in [2.45, 2.75) is 59.0 Å². The van der Waals surface area contributed by atoms with E-state index in [0.29, 0.717) is 24.7 Å². The molecule has 0 heterocycles. The van der Waals surface area contributed by atoms with E-state index in [2.05, 4.69) is 12.2 Å². The number of nitrogens with one attached hydrogen (secondary N) is 1. The van der Waals surface area contributed by atoms with Gasteiger partial charge in [0.25, 0.3) is 0 Å². The van der Waals surface area contributed by atoms with E-state index in [9.17, 15) is 9.59 Å². The van der Waals surface area contributed by atoms with Crippen LogP contribution in [0.2, 0.25) is 0 Å². The number of Topliss-reactive ketones (excluding diaryl/α,β-unsaturated/α-hetero) is 1. The Bertz CT molecular complexity index is 307. The van der Waals surface area contributed by atoms with Crippen LogP contribution in [0.1, 0.15) is 53.4 Å². The number of ether oxygens (including phenoxy) is 1. The molecule has 0 unspecified atom stereocenters. The van der Waals surface area contributed by atoms with Crippen LogP contribution in [-0.2, 0) is 9.53 Å². The third-order valence-electron chi connectivity index (χ3n) is 3.02. The van der Waals surface area contributed by atoms with Crippen LogP contribution in [-0.4, -0.2) is 24.0 Å². The minimum Gasteiger partial charge on any atom is -0.444 e. The zero-order chi connectivity index (χ0) is 13.8. The van der Waals surface area contributed by atoms with Crippen LogP contribution in [0.4, 0.5) is 4.79 Å². The fourth-order valence-corrected chi connectivity index (χ4v) is 1.93. The number of hydrogen-bond donors (Lipinski definition) is 1. The van der Waals surface area contributed by atoms with Gasteiger partial charge in [-0.25, -0.2) is 4.79 Å². The van der Waals surface area contributed by atoms with E-state index in [1.807, 2.05) is 20.8 Å². The molecule has 1 aliphatic carbocycles. The van der Waals surface area contributed by atoms with E-state index in [1.54, 1.807) is 0 Å². The summed E-state index contributed by atoms with van der Waals surface area (Å²) in [4.78, 5) is 23.1. The number of carbonyl (C=O) groups excluding carboxylic acids is 2.